The maximum Gasteiger partial charge on any atom is 0.271 e. The Morgan fingerprint density at radius 3 is 2.63 bits per heavy atom. The molecule has 0 unspecified atom stereocenters. The van der Waals surface area contributed by atoms with Crippen molar-refractivity contribution in [3.63, 3.8) is 0 Å². The molecule has 8 heteroatoms. The molecule has 0 bridgehead atoms. The molecule has 0 spiro atoms. The highest BCUT2D eigenvalue weighted by Crippen LogP contribution is 2.25. The van der Waals surface area contributed by atoms with E-state index < -0.39 is 10.1 Å². The molecule has 0 aliphatic carbocycles. The van der Waals surface area contributed by atoms with Crippen LogP contribution in [0.2, 0.25) is 0 Å². The molecule has 0 fully saturated rings. The van der Waals surface area contributed by atoms with E-state index >= 15 is 0 Å². The molecule has 0 atom stereocenters. The highest BCUT2D eigenvalue weighted by atomic mass is 32.2. The molecule has 19 heavy (non-hydrogen) atoms. The maximum atomic E-state index is 10.6. The first-order valence-corrected chi connectivity index (χ1v) is 8.03. The lowest BCUT2D eigenvalue weighted by Gasteiger charge is -1.95. The molecule has 0 radical (unpaired) electrons. The van der Waals surface area contributed by atoms with Crippen molar-refractivity contribution in [2.45, 2.75) is 20.4 Å². The standard InChI is InChI=1S/C11H13N3O3S2/c1-8-9(2)18-11(13-8)10-3-4-14(12-7-10)5-6-19(15,16)17/h3-4,7H,5-6H2,1-2H3/p+1. The number of rotatable bonds is 4. The van der Waals surface area contributed by atoms with Crippen molar-refractivity contribution in [2.24, 2.45) is 0 Å². The lowest BCUT2D eigenvalue weighted by atomic mass is 10.3. The molecular weight excluding hydrogens is 286 g/mol. The number of thiazole rings is 1. The third-order valence-electron chi connectivity index (χ3n) is 2.63. The van der Waals surface area contributed by atoms with E-state index in [2.05, 4.69) is 10.1 Å². The van der Waals surface area contributed by atoms with Gasteiger partial charge in [0.2, 0.25) is 0 Å². The molecule has 2 aromatic rings. The smallest absolute Gasteiger partial charge is 0.271 e. The summed E-state index contributed by atoms with van der Waals surface area (Å²) in [5.41, 5.74) is 1.90. The average Bonchev–Trinajstić information content (AvgIpc) is 2.67. The van der Waals surface area contributed by atoms with E-state index in [1.54, 1.807) is 23.7 Å². The largest absolute Gasteiger partial charge is 0.285 e. The van der Waals surface area contributed by atoms with E-state index in [4.69, 9.17) is 4.55 Å². The number of hydrogen-bond donors (Lipinski definition) is 1. The van der Waals surface area contributed by atoms with Crippen molar-refractivity contribution in [1.82, 2.24) is 10.1 Å². The van der Waals surface area contributed by atoms with Crippen molar-refractivity contribution in [1.29, 1.82) is 0 Å². The summed E-state index contributed by atoms with van der Waals surface area (Å²) in [6, 6.07) is 1.83. The fraction of sp³-hybridized carbons (Fsp3) is 0.364. The number of nitrogens with zero attached hydrogens (tertiary/aromatic N) is 3. The summed E-state index contributed by atoms with van der Waals surface area (Å²) < 4.78 is 31.4. The fourth-order valence-corrected chi connectivity index (χ4v) is 2.77. The molecule has 2 heterocycles. The molecule has 0 aliphatic rings. The second kappa shape index (κ2) is 5.32. The Kier molecular flexibility index (Phi) is 3.93. The van der Waals surface area contributed by atoms with Crippen molar-refractivity contribution in [3.8, 4) is 10.6 Å². The normalized spacial score (nSPS) is 11.7. The predicted octanol–water partition coefficient (Wildman–Crippen LogP) is 0.997. The highest BCUT2D eigenvalue weighted by Gasteiger charge is 2.12. The topological polar surface area (TPSA) is 84.0 Å². The summed E-state index contributed by atoms with van der Waals surface area (Å²) in [7, 11) is -3.96. The Bertz CT molecular complexity index is 658. The first-order chi connectivity index (χ1) is 8.85. The zero-order valence-electron chi connectivity index (χ0n) is 10.6. The molecule has 0 saturated heterocycles. The van der Waals surface area contributed by atoms with Crippen LogP contribution in [0.15, 0.2) is 18.5 Å². The van der Waals surface area contributed by atoms with Crippen LogP contribution in [0, 0.1) is 13.8 Å². The predicted molar refractivity (Wildman–Crippen MR) is 71.4 cm³/mol. The van der Waals surface area contributed by atoms with Gasteiger partial charge in [-0.2, -0.15) is 8.42 Å². The second-order valence-electron chi connectivity index (χ2n) is 4.13. The average molecular weight is 300 g/mol. The van der Waals surface area contributed by atoms with Crippen LogP contribution < -0.4 is 4.68 Å². The molecular formula is C11H14N3O3S2+. The van der Waals surface area contributed by atoms with Gasteiger partial charge >= 0.3 is 0 Å². The molecule has 1 N–H and O–H groups in total. The lowest BCUT2D eigenvalue weighted by molar-refractivity contribution is -0.750. The molecule has 0 amide bonds. The summed E-state index contributed by atoms with van der Waals surface area (Å²) >= 11 is 1.59. The molecule has 0 saturated carbocycles. The van der Waals surface area contributed by atoms with Gasteiger partial charge in [-0.25, -0.2) is 4.98 Å². The van der Waals surface area contributed by atoms with Crippen LogP contribution in [0.4, 0.5) is 0 Å². The Labute approximate surface area is 115 Å². The highest BCUT2D eigenvalue weighted by molar-refractivity contribution is 7.85. The van der Waals surface area contributed by atoms with E-state index in [0.29, 0.717) is 0 Å². The van der Waals surface area contributed by atoms with Gasteiger partial charge in [0, 0.05) is 16.5 Å². The van der Waals surface area contributed by atoms with Crippen LogP contribution in [-0.4, -0.2) is 28.8 Å². The summed E-state index contributed by atoms with van der Waals surface area (Å²) in [5.74, 6) is -0.348. The van der Waals surface area contributed by atoms with Gasteiger partial charge in [0.25, 0.3) is 10.1 Å². The Balaban J connectivity index is 2.14. The van der Waals surface area contributed by atoms with Gasteiger partial charge in [-0.05, 0) is 18.9 Å². The minimum absolute atomic E-state index is 0.120. The van der Waals surface area contributed by atoms with E-state index in [0.717, 1.165) is 21.1 Å². The van der Waals surface area contributed by atoms with E-state index in [1.807, 2.05) is 19.9 Å². The number of aromatic nitrogens is 3. The fourth-order valence-electron chi connectivity index (χ4n) is 1.45. The van der Waals surface area contributed by atoms with Gasteiger partial charge in [0.15, 0.2) is 12.7 Å². The SMILES string of the molecule is Cc1nc(-c2cc[n+](CCS(=O)(=O)O)nc2)sc1C. The van der Waals surface area contributed by atoms with Crippen molar-refractivity contribution < 1.29 is 17.7 Å². The monoisotopic (exact) mass is 300 g/mol. The minimum atomic E-state index is -3.96. The Morgan fingerprint density at radius 1 is 1.42 bits per heavy atom. The van der Waals surface area contributed by atoms with Crippen molar-refractivity contribution >= 4 is 21.5 Å². The summed E-state index contributed by atoms with van der Waals surface area (Å²) in [6.07, 6.45) is 3.31. The molecule has 2 rings (SSSR count). The van der Waals surface area contributed by atoms with Crippen molar-refractivity contribution in [3.05, 3.63) is 29.0 Å². The number of aryl methyl sites for hydroxylation is 3. The van der Waals surface area contributed by atoms with Crippen LogP contribution in [0.25, 0.3) is 10.6 Å². The summed E-state index contributed by atoms with van der Waals surface area (Å²) in [4.78, 5) is 5.59. The minimum Gasteiger partial charge on any atom is -0.285 e. The van der Waals surface area contributed by atoms with Gasteiger partial charge in [-0.1, -0.05) is 4.68 Å². The van der Waals surface area contributed by atoms with Crippen LogP contribution in [0.5, 0.6) is 0 Å². The summed E-state index contributed by atoms with van der Waals surface area (Å²) in [6.45, 7) is 4.09. The van der Waals surface area contributed by atoms with Crippen molar-refractivity contribution in [2.75, 3.05) is 5.75 Å². The molecule has 102 valence electrons. The first kappa shape index (κ1) is 14.0. The van der Waals surface area contributed by atoms with Gasteiger partial charge in [0.1, 0.15) is 17.0 Å². The van der Waals surface area contributed by atoms with Gasteiger partial charge in [0.05, 0.1) is 5.69 Å². The van der Waals surface area contributed by atoms with Gasteiger partial charge < -0.3 is 0 Å². The van der Waals surface area contributed by atoms with Crippen LogP contribution >= 0.6 is 11.3 Å². The van der Waals surface area contributed by atoms with Crippen LogP contribution in [-0.2, 0) is 16.7 Å². The number of hydrogen-bond acceptors (Lipinski definition) is 5. The Hall–Kier alpha value is -1.38. The van der Waals surface area contributed by atoms with Gasteiger partial charge in [-0.15, -0.1) is 11.3 Å². The first-order valence-electron chi connectivity index (χ1n) is 5.60. The zero-order chi connectivity index (χ0) is 14.0. The van der Waals surface area contributed by atoms with Crippen LogP contribution in [0.3, 0.4) is 0 Å². The maximum absolute atomic E-state index is 10.6. The van der Waals surface area contributed by atoms with E-state index in [1.165, 1.54) is 4.68 Å². The molecule has 0 aromatic carbocycles. The quantitative estimate of drug-likeness (QED) is 0.672. The molecule has 2 aromatic heterocycles. The summed E-state index contributed by atoms with van der Waals surface area (Å²) in [5, 5.41) is 5.00. The van der Waals surface area contributed by atoms with E-state index in [-0.39, 0.29) is 12.3 Å². The lowest BCUT2D eigenvalue weighted by Crippen LogP contribution is -2.40. The van der Waals surface area contributed by atoms with E-state index in [9.17, 15) is 8.42 Å². The molecule has 0 aliphatic heterocycles. The molecule has 6 nitrogen and oxygen atoms in total. The zero-order valence-corrected chi connectivity index (χ0v) is 12.2. The van der Waals surface area contributed by atoms with Crippen LogP contribution in [0.1, 0.15) is 10.6 Å². The third-order valence-corrected chi connectivity index (χ3v) is 4.45. The Morgan fingerprint density at radius 2 is 2.16 bits per heavy atom. The third kappa shape index (κ3) is 3.79. The second-order valence-corrected chi connectivity index (χ2v) is 6.90. The van der Waals surface area contributed by atoms with Gasteiger partial charge in [-0.3, -0.25) is 4.55 Å².